The molecule has 1 aromatic carbocycles. The van der Waals surface area contributed by atoms with E-state index in [1.165, 1.54) is 10.7 Å². The van der Waals surface area contributed by atoms with E-state index in [-0.39, 0.29) is 17.8 Å². The molecule has 1 unspecified atom stereocenters. The van der Waals surface area contributed by atoms with E-state index in [1.54, 1.807) is 12.1 Å². The van der Waals surface area contributed by atoms with Gasteiger partial charge in [-0.05, 0) is 44.9 Å². The van der Waals surface area contributed by atoms with Crippen molar-refractivity contribution in [3.05, 3.63) is 28.5 Å². The largest absolute Gasteiger partial charge is 0.481 e. The number of hydrogen-bond acceptors (Lipinski definition) is 4. The number of aliphatic carboxylic acids is 1. The summed E-state index contributed by atoms with van der Waals surface area (Å²) in [5, 5.41) is 20.3. The van der Waals surface area contributed by atoms with E-state index in [2.05, 4.69) is 31.5 Å². The Bertz CT molecular complexity index is 627. The number of halogens is 2. The van der Waals surface area contributed by atoms with Gasteiger partial charge in [0.25, 0.3) is 0 Å². The van der Waals surface area contributed by atoms with Crippen LogP contribution in [0.4, 0.5) is 4.39 Å². The maximum Gasteiger partial charge on any atom is 0.305 e. The van der Waals surface area contributed by atoms with Crippen molar-refractivity contribution in [2.75, 3.05) is 0 Å². The lowest BCUT2D eigenvalue weighted by atomic mass is 10.1. The Morgan fingerprint density at radius 3 is 2.90 bits per heavy atom. The maximum atomic E-state index is 14.1. The number of carboxylic acids is 1. The fourth-order valence-corrected chi connectivity index (χ4v) is 2.68. The first kappa shape index (κ1) is 15.6. The van der Waals surface area contributed by atoms with Gasteiger partial charge in [-0.2, -0.15) is 0 Å². The van der Waals surface area contributed by atoms with Gasteiger partial charge in [0.15, 0.2) is 5.82 Å². The van der Waals surface area contributed by atoms with Crippen molar-refractivity contribution in [3.8, 4) is 11.4 Å². The van der Waals surface area contributed by atoms with E-state index in [0.29, 0.717) is 10.9 Å². The van der Waals surface area contributed by atoms with Crippen LogP contribution >= 0.6 is 15.9 Å². The predicted molar refractivity (Wildman–Crippen MR) is 77.1 cm³/mol. The van der Waals surface area contributed by atoms with E-state index in [9.17, 15) is 9.18 Å². The molecule has 2 rings (SSSR count). The Kier molecular flexibility index (Phi) is 5.00. The molecular weight excluding hydrogens is 343 g/mol. The van der Waals surface area contributed by atoms with Gasteiger partial charge in [-0.3, -0.25) is 4.79 Å². The summed E-state index contributed by atoms with van der Waals surface area (Å²) in [6.07, 6.45) is 1.25. The molecule has 8 heteroatoms. The quantitative estimate of drug-likeness (QED) is 0.859. The number of benzene rings is 1. The van der Waals surface area contributed by atoms with Crippen LogP contribution in [0.2, 0.25) is 0 Å². The Morgan fingerprint density at radius 2 is 2.29 bits per heavy atom. The van der Waals surface area contributed by atoms with Crippen molar-refractivity contribution >= 4 is 21.9 Å². The molecule has 0 amide bonds. The lowest BCUT2D eigenvalue weighted by Crippen LogP contribution is -2.16. The van der Waals surface area contributed by atoms with Gasteiger partial charge in [0, 0.05) is 4.47 Å². The molecule has 0 aliphatic heterocycles. The summed E-state index contributed by atoms with van der Waals surface area (Å²) in [6.45, 7) is 1.94. The second-order valence-electron chi connectivity index (χ2n) is 4.58. The van der Waals surface area contributed by atoms with Gasteiger partial charge in [-0.25, -0.2) is 9.07 Å². The summed E-state index contributed by atoms with van der Waals surface area (Å²) >= 11 is 3.28. The van der Waals surface area contributed by atoms with E-state index >= 15 is 0 Å². The van der Waals surface area contributed by atoms with E-state index in [4.69, 9.17) is 5.11 Å². The van der Waals surface area contributed by atoms with Gasteiger partial charge in [-0.1, -0.05) is 19.4 Å². The zero-order valence-electron chi connectivity index (χ0n) is 11.3. The molecule has 0 bridgehead atoms. The highest BCUT2D eigenvalue weighted by atomic mass is 79.9. The average Bonchev–Trinajstić information content (AvgIpc) is 2.86. The van der Waals surface area contributed by atoms with Gasteiger partial charge in [0.1, 0.15) is 5.82 Å². The Hall–Kier alpha value is -1.83. The zero-order chi connectivity index (χ0) is 15.4. The van der Waals surface area contributed by atoms with Crippen molar-refractivity contribution in [1.29, 1.82) is 0 Å². The summed E-state index contributed by atoms with van der Waals surface area (Å²) in [6, 6.07) is 4.15. The van der Waals surface area contributed by atoms with E-state index in [1.807, 2.05) is 6.92 Å². The molecule has 6 nitrogen and oxygen atoms in total. The number of aromatic nitrogens is 4. The Morgan fingerprint density at radius 1 is 1.52 bits per heavy atom. The smallest absolute Gasteiger partial charge is 0.305 e. The second-order valence-corrected chi connectivity index (χ2v) is 5.44. The molecule has 0 saturated carbocycles. The molecule has 2 aromatic rings. The normalized spacial score (nSPS) is 12.3. The Labute approximate surface area is 129 Å². The highest BCUT2D eigenvalue weighted by molar-refractivity contribution is 9.10. The lowest BCUT2D eigenvalue weighted by Gasteiger charge is -2.16. The van der Waals surface area contributed by atoms with E-state index in [0.717, 1.165) is 6.42 Å². The van der Waals surface area contributed by atoms with Crippen molar-refractivity contribution in [2.24, 2.45) is 0 Å². The van der Waals surface area contributed by atoms with Crippen LogP contribution in [-0.4, -0.2) is 31.3 Å². The lowest BCUT2D eigenvalue weighted by molar-refractivity contribution is -0.138. The minimum Gasteiger partial charge on any atom is -0.481 e. The molecule has 0 radical (unpaired) electrons. The van der Waals surface area contributed by atoms with Crippen LogP contribution in [0.3, 0.4) is 0 Å². The van der Waals surface area contributed by atoms with Crippen LogP contribution in [0, 0.1) is 5.82 Å². The predicted octanol–water partition coefficient (Wildman–Crippen LogP) is 3.06. The van der Waals surface area contributed by atoms with Crippen LogP contribution in [-0.2, 0) is 4.79 Å². The van der Waals surface area contributed by atoms with Crippen LogP contribution < -0.4 is 0 Å². The average molecular weight is 357 g/mol. The number of carbonyl (C=O) groups is 1. The molecule has 0 fully saturated rings. The monoisotopic (exact) mass is 356 g/mol. The first-order valence-electron chi connectivity index (χ1n) is 6.48. The topological polar surface area (TPSA) is 80.9 Å². The van der Waals surface area contributed by atoms with Gasteiger partial charge >= 0.3 is 5.97 Å². The molecule has 1 aromatic heterocycles. The van der Waals surface area contributed by atoms with Crippen molar-refractivity contribution in [2.45, 2.75) is 32.2 Å². The third-order valence-electron chi connectivity index (χ3n) is 3.06. The van der Waals surface area contributed by atoms with Gasteiger partial charge in [-0.15, -0.1) is 5.10 Å². The number of tetrazole rings is 1. The summed E-state index contributed by atoms with van der Waals surface area (Å²) in [5.74, 6) is -1.19. The zero-order valence-corrected chi connectivity index (χ0v) is 12.9. The van der Waals surface area contributed by atoms with Gasteiger partial charge in [0.05, 0.1) is 18.0 Å². The van der Waals surface area contributed by atoms with Crippen molar-refractivity contribution in [1.82, 2.24) is 20.2 Å². The Balaban J connectivity index is 2.48. The number of nitrogens with zero attached hydrogens (tertiary/aromatic N) is 4. The van der Waals surface area contributed by atoms with Crippen LogP contribution in [0.25, 0.3) is 11.4 Å². The summed E-state index contributed by atoms with van der Waals surface area (Å²) < 4.78 is 16.0. The molecule has 112 valence electrons. The van der Waals surface area contributed by atoms with Crippen LogP contribution in [0.15, 0.2) is 22.7 Å². The maximum absolute atomic E-state index is 14.1. The highest BCUT2D eigenvalue weighted by Crippen LogP contribution is 2.31. The molecule has 21 heavy (non-hydrogen) atoms. The third kappa shape index (κ3) is 3.44. The minimum atomic E-state index is -0.942. The number of carboxylic acid groups (broad SMARTS) is 1. The SMILES string of the molecule is CCCC(CC(=O)O)n1nnnc1-c1c(F)cccc1Br. The second kappa shape index (κ2) is 6.75. The number of rotatable bonds is 6. The first-order valence-corrected chi connectivity index (χ1v) is 7.28. The molecular formula is C13H14BrFN4O2. The molecule has 0 spiro atoms. The van der Waals surface area contributed by atoms with Crippen LogP contribution in [0.1, 0.15) is 32.2 Å². The standard InChI is InChI=1S/C13H14BrFN4O2/c1-2-4-8(7-11(20)21)19-13(16-17-18-19)12-9(14)5-3-6-10(12)15/h3,5-6,8H,2,4,7H2,1H3,(H,20,21). The fourth-order valence-electron chi connectivity index (χ4n) is 2.16. The molecule has 0 saturated heterocycles. The molecule has 1 N–H and O–H groups in total. The molecule has 1 heterocycles. The van der Waals surface area contributed by atoms with Crippen molar-refractivity contribution < 1.29 is 14.3 Å². The summed E-state index contributed by atoms with van der Waals surface area (Å²) in [5.41, 5.74) is 0.231. The summed E-state index contributed by atoms with van der Waals surface area (Å²) in [7, 11) is 0. The summed E-state index contributed by atoms with van der Waals surface area (Å²) in [4.78, 5) is 11.0. The van der Waals surface area contributed by atoms with Crippen LogP contribution in [0.5, 0.6) is 0 Å². The third-order valence-corrected chi connectivity index (χ3v) is 3.72. The highest BCUT2D eigenvalue weighted by Gasteiger charge is 2.23. The van der Waals surface area contributed by atoms with E-state index < -0.39 is 17.8 Å². The fraction of sp³-hybridized carbons (Fsp3) is 0.385. The van der Waals surface area contributed by atoms with Gasteiger partial charge in [0.2, 0.25) is 0 Å². The molecule has 0 aliphatic rings. The van der Waals surface area contributed by atoms with Crippen molar-refractivity contribution in [3.63, 3.8) is 0 Å². The first-order chi connectivity index (χ1) is 10.0. The molecule has 1 atom stereocenters. The molecule has 0 aliphatic carbocycles. The van der Waals surface area contributed by atoms with Gasteiger partial charge < -0.3 is 5.11 Å². The minimum absolute atomic E-state index is 0.113. The number of hydrogen-bond donors (Lipinski definition) is 1.